The van der Waals surface area contributed by atoms with Crippen LogP contribution in [0.15, 0.2) is 48.0 Å². The van der Waals surface area contributed by atoms with Crippen molar-refractivity contribution < 1.29 is 23.8 Å². The average Bonchev–Trinajstić information content (AvgIpc) is 3.03. The number of amides is 1. The van der Waals surface area contributed by atoms with Crippen molar-refractivity contribution in [3.63, 3.8) is 0 Å². The maximum absolute atomic E-state index is 14.8. The molecular formula is C25H28FN3O4. The number of halogens is 1. The van der Waals surface area contributed by atoms with Crippen molar-refractivity contribution in [3.8, 4) is 5.75 Å². The lowest BCUT2D eigenvalue weighted by molar-refractivity contribution is -0.140. The van der Waals surface area contributed by atoms with Crippen LogP contribution in [0.2, 0.25) is 0 Å². The maximum Gasteiger partial charge on any atom is 0.295 e. The second-order valence-corrected chi connectivity index (χ2v) is 8.62. The number of likely N-dealkylation sites (N-methyl/N-ethyl adjacent to an activating group) is 1. The van der Waals surface area contributed by atoms with E-state index in [1.807, 2.05) is 30.9 Å². The molecule has 2 aliphatic rings. The summed E-state index contributed by atoms with van der Waals surface area (Å²) < 4.78 is 20.5. The SMILES string of the molecule is CN(C)CCCN1C(=O)C(=O)/C(=C(/O)c2ccc3c(c2)N(C)CCO3)C1c1ccccc1F. The van der Waals surface area contributed by atoms with Gasteiger partial charge in [0, 0.05) is 24.7 Å². The number of aliphatic hydroxyl groups is 1. The highest BCUT2D eigenvalue weighted by Gasteiger charge is 2.46. The molecule has 2 aromatic rings. The number of hydrogen-bond donors (Lipinski definition) is 1. The Morgan fingerprint density at radius 3 is 2.70 bits per heavy atom. The summed E-state index contributed by atoms with van der Waals surface area (Å²) in [5, 5.41) is 11.2. The summed E-state index contributed by atoms with van der Waals surface area (Å²) in [5.41, 5.74) is 1.22. The van der Waals surface area contributed by atoms with Gasteiger partial charge in [-0.1, -0.05) is 18.2 Å². The quantitative estimate of drug-likeness (QED) is 0.412. The lowest BCUT2D eigenvalue weighted by atomic mass is 9.94. The number of hydrogen-bond acceptors (Lipinski definition) is 6. The van der Waals surface area contributed by atoms with Gasteiger partial charge < -0.3 is 24.5 Å². The lowest BCUT2D eigenvalue weighted by Gasteiger charge is -2.28. The van der Waals surface area contributed by atoms with Crippen LogP contribution in [-0.4, -0.2) is 74.0 Å². The maximum atomic E-state index is 14.8. The summed E-state index contributed by atoms with van der Waals surface area (Å²) in [5.74, 6) is -1.73. The topological polar surface area (TPSA) is 73.3 Å². The van der Waals surface area contributed by atoms with Crippen molar-refractivity contribution in [3.05, 3.63) is 65.0 Å². The van der Waals surface area contributed by atoms with Crippen molar-refractivity contribution in [2.24, 2.45) is 0 Å². The van der Waals surface area contributed by atoms with Gasteiger partial charge in [0.1, 0.15) is 23.9 Å². The van der Waals surface area contributed by atoms with Crippen molar-refractivity contribution in [2.45, 2.75) is 12.5 Å². The molecule has 0 radical (unpaired) electrons. The van der Waals surface area contributed by atoms with Crippen LogP contribution in [0.1, 0.15) is 23.6 Å². The van der Waals surface area contributed by atoms with Gasteiger partial charge in [-0.3, -0.25) is 9.59 Å². The highest BCUT2D eigenvalue weighted by Crippen LogP contribution is 2.41. The minimum absolute atomic E-state index is 0.103. The smallest absolute Gasteiger partial charge is 0.295 e. The number of rotatable bonds is 6. The zero-order chi connectivity index (χ0) is 23.7. The first-order valence-electron chi connectivity index (χ1n) is 11.0. The Hall–Kier alpha value is -3.39. The van der Waals surface area contributed by atoms with E-state index in [1.165, 1.54) is 11.0 Å². The molecule has 7 nitrogen and oxygen atoms in total. The standard InChI is InChI=1S/C25H28FN3O4/c1-27(2)11-6-12-29-22(17-7-4-5-8-18(17)26)21(24(31)25(29)32)23(30)16-9-10-20-19(15-16)28(3)13-14-33-20/h4-5,7-10,15,22,30H,6,11-14H2,1-3H3/b23-21+. The van der Waals surface area contributed by atoms with Crippen LogP contribution >= 0.6 is 0 Å². The Labute approximate surface area is 192 Å². The molecule has 1 unspecified atom stereocenters. The van der Waals surface area contributed by atoms with Gasteiger partial charge in [-0.2, -0.15) is 0 Å². The molecule has 1 atom stereocenters. The number of benzene rings is 2. The highest BCUT2D eigenvalue weighted by atomic mass is 19.1. The summed E-state index contributed by atoms with van der Waals surface area (Å²) in [6.45, 7) is 2.20. The Morgan fingerprint density at radius 2 is 1.97 bits per heavy atom. The summed E-state index contributed by atoms with van der Waals surface area (Å²) in [6.07, 6.45) is 0.603. The molecule has 0 bridgehead atoms. The van der Waals surface area contributed by atoms with Gasteiger partial charge in [0.05, 0.1) is 23.8 Å². The fourth-order valence-corrected chi connectivity index (χ4v) is 4.34. The van der Waals surface area contributed by atoms with Gasteiger partial charge in [-0.05, 0) is 51.3 Å². The predicted molar refractivity (Wildman–Crippen MR) is 124 cm³/mol. The van der Waals surface area contributed by atoms with E-state index in [-0.39, 0.29) is 23.4 Å². The number of ether oxygens (including phenoxy) is 1. The molecule has 33 heavy (non-hydrogen) atoms. The molecule has 8 heteroatoms. The molecule has 0 aromatic heterocycles. The first-order valence-corrected chi connectivity index (χ1v) is 11.0. The zero-order valence-electron chi connectivity index (χ0n) is 19.0. The first kappa shape index (κ1) is 22.8. The summed E-state index contributed by atoms with van der Waals surface area (Å²) in [4.78, 5) is 31.4. The molecule has 1 amide bonds. The normalized spacial score (nSPS) is 19.7. The number of anilines is 1. The number of Topliss-reactive ketones (excluding diaryl/α,β-unsaturated/α-hetero) is 1. The highest BCUT2D eigenvalue weighted by molar-refractivity contribution is 6.46. The van der Waals surface area contributed by atoms with Crippen molar-refractivity contribution in [2.75, 3.05) is 52.3 Å². The molecule has 174 valence electrons. The summed E-state index contributed by atoms with van der Waals surface area (Å²) in [7, 11) is 5.74. The molecule has 2 heterocycles. The Morgan fingerprint density at radius 1 is 1.21 bits per heavy atom. The molecule has 0 spiro atoms. The second kappa shape index (κ2) is 9.23. The van der Waals surface area contributed by atoms with Gasteiger partial charge in [0.25, 0.3) is 11.7 Å². The molecule has 0 aliphatic carbocycles. The number of carbonyl (C=O) groups is 2. The van der Waals surface area contributed by atoms with Crippen LogP contribution in [0.5, 0.6) is 5.75 Å². The van der Waals surface area contributed by atoms with E-state index in [1.54, 1.807) is 36.4 Å². The van der Waals surface area contributed by atoms with Gasteiger partial charge >= 0.3 is 0 Å². The van der Waals surface area contributed by atoms with Crippen LogP contribution in [0.4, 0.5) is 10.1 Å². The van der Waals surface area contributed by atoms with E-state index in [2.05, 4.69) is 0 Å². The van der Waals surface area contributed by atoms with Crippen LogP contribution < -0.4 is 9.64 Å². The van der Waals surface area contributed by atoms with E-state index in [0.717, 1.165) is 5.69 Å². The Balaban J connectivity index is 1.81. The third-order valence-electron chi connectivity index (χ3n) is 6.07. The lowest BCUT2D eigenvalue weighted by Crippen LogP contribution is -2.32. The zero-order valence-corrected chi connectivity index (χ0v) is 19.0. The molecule has 0 saturated carbocycles. The third kappa shape index (κ3) is 4.30. The van der Waals surface area contributed by atoms with Crippen LogP contribution in [0, 0.1) is 5.82 Å². The van der Waals surface area contributed by atoms with Gasteiger partial charge in [0.15, 0.2) is 0 Å². The van der Waals surface area contributed by atoms with Crippen LogP contribution in [-0.2, 0) is 9.59 Å². The van der Waals surface area contributed by atoms with Crippen LogP contribution in [0.25, 0.3) is 5.76 Å². The molecule has 2 aromatic carbocycles. The number of ketones is 1. The summed E-state index contributed by atoms with van der Waals surface area (Å²) >= 11 is 0. The fourth-order valence-electron chi connectivity index (χ4n) is 4.34. The average molecular weight is 454 g/mol. The molecular weight excluding hydrogens is 425 g/mol. The number of aliphatic hydroxyl groups excluding tert-OH is 1. The monoisotopic (exact) mass is 453 g/mol. The minimum atomic E-state index is -1.00. The van der Waals surface area contributed by atoms with E-state index >= 15 is 0 Å². The van der Waals surface area contributed by atoms with Crippen LogP contribution in [0.3, 0.4) is 0 Å². The molecule has 4 rings (SSSR count). The second-order valence-electron chi connectivity index (χ2n) is 8.62. The van der Waals surface area contributed by atoms with Crippen molar-refractivity contribution in [1.29, 1.82) is 0 Å². The minimum Gasteiger partial charge on any atom is -0.507 e. The van der Waals surface area contributed by atoms with E-state index in [0.29, 0.717) is 37.4 Å². The molecule has 2 aliphatic heterocycles. The number of carbonyl (C=O) groups excluding carboxylic acids is 2. The van der Waals surface area contributed by atoms with E-state index < -0.39 is 23.5 Å². The predicted octanol–water partition coefficient (Wildman–Crippen LogP) is 3.03. The van der Waals surface area contributed by atoms with E-state index in [9.17, 15) is 19.1 Å². The largest absolute Gasteiger partial charge is 0.507 e. The first-order chi connectivity index (χ1) is 15.8. The van der Waals surface area contributed by atoms with Gasteiger partial charge in [-0.15, -0.1) is 0 Å². The molecule has 1 N–H and O–H groups in total. The van der Waals surface area contributed by atoms with Crippen molar-refractivity contribution >= 4 is 23.1 Å². The number of nitrogens with zero attached hydrogens (tertiary/aromatic N) is 3. The molecule has 1 saturated heterocycles. The molecule has 1 fully saturated rings. The van der Waals surface area contributed by atoms with Crippen molar-refractivity contribution in [1.82, 2.24) is 9.80 Å². The fraction of sp³-hybridized carbons (Fsp3) is 0.360. The third-order valence-corrected chi connectivity index (χ3v) is 6.07. The number of fused-ring (bicyclic) bond motifs is 1. The van der Waals surface area contributed by atoms with E-state index in [4.69, 9.17) is 4.74 Å². The Kier molecular flexibility index (Phi) is 6.37. The van der Waals surface area contributed by atoms with Gasteiger partial charge in [0.2, 0.25) is 0 Å². The Bertz CT molecular complexity index is 1110. The van der Waals surface area contributed by atoms with Gasteiger partial charge in [-0.25, -0.2) is 4.39 Å². The summed E-state index contributed by atoms with van der Waals surface area (Å²) in [6, 6.07) is 10.1. The number of likely N-dealkylation sites (tertiary alicyclic amines) is 1.